The number of carbonyl (C=O) groups is 2. The van der Waals surface area contributed by atoms with Crippen molar-refractivity contribution in [3.8, 4) is 11.5 Å². The first-order valence-electron chi connectivity index (χ1n) is 12.5. The van der Waals surface area contributed by atoms with Gasteiger partial charge in [-0.15, -0.1) is 0 Å². The molecule has 1 fully saturated rings. The summed E-state index contributed by atoms with van der Waals surface area (Å²) in [4.78, 5) is 28.7. The average molecular weight is 699 g/mol. The first-order chi connectivity index (χ1) is 19.8. The summed E-state index contributed by atoms with van der Waals surface area (Å²) in [5.74, 6) is 0.177. The van der Waals surface area contributed by atoms with Crippen LogP contribution in [-0.4, -0.2) is 42.7 Å². The van der Waals surface area contributed by atoms with Crippen LogP contribution in [0.2, 0.25) is 5.02 Å². The fourth-order valence-corrected chi connectivity index (χ4v) is 5.79. The second-order valence-corrected chi connectivity index (χ2v) is 11.0. The largest absolute Gasteiger partial charge is 0.493 e. The quantitative estimate of drug-likeness (QED) is 0.0865. The maximum Gasteiger partial charge on any atom is 0.325 e. The number of amides is 1. The first kappa shape index (κ1) is 28.8. The maximum absolute atomic E-state index is 13.6. The van der Waals surface area contributed by atoms with Crippen molar-refractivity contribution in [3.63, 3.8) is 0 Å². The predicted octanol–water partition coefficient (Wildman–Crippen LogP) is 6.83. The van der Waals surface area contributed by atoms with Gasteiger partial charge >= 0.3 is 5.97 Å². The fourth-order valence-electron chi connectivity index (χ4n) is 4.53. The van der Waals surface area contributed by atoms with E-state index in [1.807, 2.05) is 30.3 Å². The van der Waals surface area contributed by atoms with Crippen LogP contribution in [0.1, 0.15) is 11.1 Å². The van der Waals surface area contributed by atoms with Gasteiger partial charge in [-0.25, -0.2) is 0 Å². The third-order valence-electron chi connectivity index (χ3n) is 6.54. The molecule has 0 bridgehead atoms. The number of hydrogen-bond donors (Lipinski definition) is 0. The molecule has 7 nitrogen and oxygen atoms in total. The molecule has 4 aromatic carbocycles. The van der Waals surface area contributed by atoms with Crippen molar-refractivity contribution in [1.29, 1.82) is 0 Å². The van der Waals surface area contributed by atoms with E-state index in [4.69, 9.17) is 38.0 Å². The highest BCUT2D eigenvalue weighted by Crippen LogP contribution is 2.37. The average Bonchev–Trinajstić information content (AvgIpc) is 3.20. The molecule has 208 valence electrons. The number of nitrogens with zero attached hydrogens (tertiary/aromatic N) is 2. The lowest BCUT2D eigenvalue weighted by Gasteiger charge is -2.19. The summed E-state index contributed by atoms with van der Waals surface area (Å²) in [6, 6.07) is 24.7. The van der Waals surface area contributed by atoms with Crippen molar-refractivity contribution >= 4 is 85.9 Å². The number of ether oxygens (including phenoxy) is 3. The van der Waals surface area contributed by atoms with E-state index in [1.165, 1.54) is 16.9 Å². The van der Waals surface area contributed by atoms with Gasteiger partial charge in [0.25, 0.3) is 5.91 Å². The molecule has 0 unspecified atom stereocenters. The van der Waals surface area contributed by atoms with Crippen molar-refractivity contribution in [2.75, 3.05) is 25.7 Å². The molecule has 0 saturated carbocycles. The molecule has 0 aliphatic carbocycles. The smallest absolute Gasteiger partial charge is 0.325 e. The summed E-state index contributed by atoms with van der Waals surface area (Å²) in [5, 5.41) is 2.95. The van der Waals surface area contributed by atoms with Crippen LogP contribution >= 0.6 is 46.4 Å². The lowest BCUT2D eigenvalue weighted by Crippen LogP contribution is -2.35. The van der Waals surface area contributed by atoms with Crippen LogP contribution < -0.4 is 14.4 Å². The highest BCUT2D eigenvalue weighted by molar-refractivity contribution is 14.1. The van der Waals surface area contributed by atoms with E-state index >= 15 is 0 Å². The molecular formula is C31H24ClIN2O5S. The van der Waals surface area contributed by atoms with Crippen LogP contribution in [-0.2, 0) is 20.9 Å². The Bertz CT molecular complexity index is 1690. The third-order valence-corrected chi connectivity index (χ3v) is 8.00. The molecule has 0 radical (unpaired) electrons. The molecule has 1 amide bonds. The van der Waals surface area contributed by atoms with E-state index < -0.39 is 5.97 Å². The Morgan fingerprint density at radius 3 is 2.49 bits per heavy atom. The Labute approximate surface area is 261 Å². The Morgan fingerprint density at radius 1 is 1.02 bits per heavy atom. The molecule has 41 heavy (non-hydrogen) atoms. The highest BCUT2D eigenvalue weighted by Gasteiger charge is 2.40. The van der Waals surface area contributed by atoms with E-state index in [9.17, 15) is 9.59 Å². The van der Waals surface area contributed by atoms with E-state index in [-0.39, 0.29) is 23.3 Å². The Balaban J connectivity index is 1.48. The van der Waals surface area contributed by atoms with Crippen molar-refractivity contribution < 1.29 is 23.8 Å². The monoisotopic (exact) mass is 698 g/mol. The van der Waals surface area contributed by atoms with Gasteiger partial charge in [-0.3, -0.25) is 14.5 Å². The molecule has 1 aliphatic heterocycles. The SMILES string of the molecule is COC(=O)CN1C(=S)N(c2ccc(Cl)cc2)C(=O)/C1=C/c1cc(I)c(OCc2cccc3ccccc23)c(OC)c1. The summed E-state index contributed by atoms with van der Waals surface area (Å²) in [6.45, 7) is 0.126. The second kappa shape index (κ2) is 12.5. The zero-order valence-electron chi connectivity index (χ0n) is 22.1. The van der Waals surface area contributed by atoms with Crippen LogP contribution in [0.4, 0.5) is 5.69 Å². The van der Waals surface area contributed by atoms with Gasteiger partial charge in [0.1, 0.15) is 18.8 Å². The summed E-state index contributed by atoms with van der Waals surface area (Å²) < 4.78 is 17.6. The molecule has 1 aliphatic rings. The van der Waals surface area contributed by atoms with E-state index in [1.54, 1.807) is 43.5 Å². The van der Waals surface area contributed by atoms with Gasteiger partial charge in [0.2, 0.25) is 0 Å². The minimum absolute atomic E-state index is 0.158. The maximum atomic E-state index is 13.6. The van der Waals surface area contributed by atoms with Gasteiger partial charge < -0.3 is 19.1 Å². The van der Waals surface area contributed by atoms with Crippen molar-refractivity contribution in [2.24, 2.45) is 0 Å². The van der Waals surface area contributed by atoms with Crippen molar-refractivity contribution in [1.82, 2.24) is 4.90 Å². The van der Waals surface area contributed by atoms with Gasteiger partial charge in [0.05, 0.1) is 23.5 Å². The van der Waals surface area contributed by atoms with Crippen molar-refractivity contribution in [3.05, 3.63) is 104 Å². The number of fused-ring (bicyclic) bond motifs is 1. The Morgan fingerprint density at radius 2 is 1.76 bits per heavy atom. The zero-order chi connectivity index (χ0) is 29.1. The van der Waals surface area contributed by atoms with Gasteiger partial charge in [-0.05, 0) is 99.2 Å². The molecule has 0 spiro atoms. The number of methoxy groups -OCH3 is 2. The first-order valence-corrected chi connectivity index (χ1v) is 14.3. The number of halogens is 2. The number of esters is 1. The number of thiocarbonyl (C=S) groups is 1. The van der Waals surface area contributed by atoms with Crippen molar-refractivity contribution in [2.45, 2.75) is 6.61 Å². The third kappa shape index (κ3) is 6.02. The van der Waals surface area contributed by atoms with Gasteiger partial charge in [-0.2, -0.15) is 0 Å². The topological polar surface area (TPSA) is 68.3 Å². The van der Waals surface area contributed by atoms with Crippen LogP contribution in [0.5, 0.6) is 11.5 Å². The minimum atomic E-state index is -0.534. The van der Waals surface area contributed by atoms with Gasteiger partial charge in [0, 0.05) is 5.02 Å². The fraction of sp³-hybridized carbons (Fsp3) is 0.129. The molecule has 5 rings (SSSR count). The zero-order valence-corrected chi connectivity index (χ0v) is 25.8. The molecule has 1 saturated heterocycles. The Hall–Kier alpha value is -3.67. The predicted molar refractivity (Wildman–Crippen MR) is 172 cm³/mol. The summed E-state index contributed by atoms with van der Waals surface area (Å²) >= 11 is 13.9. The van der Waals surface area contributed by atoms with Crippen LogP contribution in [0.3, 0.4) is 0 Å². The molecule has 4 aromatic rings. The molecule has 0 N–H and O–H groups in total. The normalized spacial score (nSPS) is 14.2. The number of anilines is 1. The lowest BCUT2D eigenvalue weighted by atomic mass is 10.1. The number of hydrogen-bond acceptors (Lipinski definition) is 6. The molecule has 0 aromatic heterocycles. The second-order valence-electron chi connectivity index (χ2n) is 9.05. The van der Waals surface area contributed by atoms with E-state index in [0.717, 1.165) is 19.9 Å². The summed E-state index contributed by atoms with van der Waals surface area (Å²) in [7, 11) is 2.85. The summed E-state index contributed by atoms with van der Waals surface area (Å²) in [6.07, 6.45) is 1.67. The van der Waals surface area contributed by atoms with E-state index in [0.29, 0.717) is 34.4 Å². The van der Waals surface area contributed by atoms with Gasteiger partial charge in [0.15, 0.2) is 16.6 Å². The molecule has 0 atom stereocenters. The number of carbonyl (C=O) groups excluding carboxylic acids is 2. The summed E-state index contributed by atoms with van der Waals surface area (Å²) in [5.41, 5.74) is 2.48. The minimum Gasteiger partial charge on any atom is -0.493 e. The van der Waals surface area contributed by atoms with Gasteiger partial charge in [-0.1, -0.05) is 54.1 Å². The van der Waals surface area contributed by atoms with E-state index in [2.05, 4.69) is 40.8 Å². The van der Waals surface area contributed by atoms with Crippen LogP contribution in [0, 0.1) is 3.57 Å². The number of rotatable bonds is 8. The lowest BCUT2D eigenvalue weighted by molar-refractivity contribution is -0.140. The standard InChI is InChI=1S/C31H24ClIN2O5S/c1-38-27-16-19(14-25(33)29(27)40-18-21-8-5-7-20-6-3-4-9-24(20)21)15-26-30(37)35(23-12-10-22(32)11-13-23)31(41)34(26)17-28(36)39-2/h3-16H,17-18H2,1-2H3/b26-15-. The molecular weight excluding hydrogens is 675 g/mol. The highest BCUT2D eigenvalue weighted by atomic mass is 127. The molecule has 1 heterocycles. The number of benzene rings is 4. The Kier molecular flexibility index (Phi) is 8.77. The molecule has 10 heteroatoms. The van der Waals surface area contributed by atoms with Crippen LogP contribution in [0.25, 0.3) is 16.8 Å². The van der Waals surface area contributed by atoms with Crippen LogP contribution in [0.15, 0.2) is 84.6 Å².